The van der Waals surface area contributed by atoms with E-state index in [2.05, 4.69) is 10.2 Å². The Morgan fingerprint density at radius 1 is 0.676 bits per heavy atom. The molecule has 3 aromatic rings. The molecule has 0 saturated carbocycles. The van der Waals surface area contributed by atoms with E-state index in [0.29, 0.717) is 28.4 Å². The van der Waals surface area contributed by atoms with Crippen molar-refractivity contribution >= 4 is 34.6 Å². The highest BCUT2D eigenvalue weighted by atomic mass is 16.3. The summed E-state index contributed by atoms with van der Waals surface area (Å²) in [5.74, 6) is -2.58. The van der Waals surface area contributed by atoms with Gasteiger partial charge in [-0.3, -0.25) is 9.59 Å². The maximum absolute atomic E-state index is 13.7. The number of phenolic OH excluding ortho intramolecular Hbond substituents is 1. The van der Waals surface area contributed by atoms with Crippen LogP contribution in [0.15, 0.2) is 95.1 Å². The summed E-state index contributed by atoms with van der Waals surface area (Å²) in [5, 5.41) is 22.6. The summed E-state index contributed by atoms with van der Waals surface area (Å²) in [6, 6.07) is 25.2. The summed E-state index contributed by atoms with van der Waals surface area (Å²) >= 11 is 0. The second kappa shape index (κ2) is 8.59. The van der Waals surface area contributed by atoms with E-state index in [1.807, 2.05) is 60.7 Å². The first-order valence-corrected chi connectivity index (χ1v) is 11.1. The van der Waals surface area contributed by atoms with Gasteiger partial charge in [-0.2, -0.15) is 10.2 Å². The van der Waals surface area contributed by atoms with Crippen LogP contribution in [0.1, 0.15) is 25.3 Å². The molecule has 0 fully saturated rings. The van der Waals surface area contributed by atoms with Gasteiger partial charge in [0.25, 0.3) is 11.8 Å². The fourth-order valence-electron chi connectivity index (χ4n) is 4.82. The van der Waals surface area contributed by atoms with Gasteiger partial charge in [-0.05, 0) is 49.7 Å². The van der Waals surface area contributed by atoms with E-state index >= 15 is 0 Å². The Morgan fingerprint density at radius 3 is 1.53 bits per heavy atom. The molecule has 0 unspecified atom stereocenters. The van der Waals surface area contributed by atoms with E-state index in [9.17, 15) is 14.7 Å². The normalized spacial score (nSPS) is 20.2. The van der Waals surface area contributed by atoms with Crippen LogP contribution in [0.3, 0.4) is 0 Å². The lowest BCUT2D eigenvalue weighted by atomic mass is 9.72. The zero-order valence-corrected chi connectivity index (χ0v) is 18.9. The fourth-order valence-corrected chi connectivity index (χ4v) is 4.82. The second-order valence-corrected chi connectivity index (χ2v) is 8.49. The fraction of sp³-hybridized carbons (Fsp3) is 0.185. The number of aromatic hydroxyl groups is 1. The largest absolute Gasteiger partial charge is 0.508 e. The minimum Gasteiger partial charge on any atom is -0.508 e. The van der Waals surface area contributed by atoms with Crippen molar-refractivity contribution < 1.29 is 14.7 Å². The summed E-state index contributed by atoms with van der Waals surface area (Å²) in [6.45, 7) is 3.58. The molecule has 0 bridgehead atoms. The number of hydrazone groups is 2. The lowest BCUT2D eigenvalue weighted by molar-refractivity contribution is -0.122. The summed E-state index contributed by atoms with van der Waals surface area (Å²) in [4.78, 5) is 27.5. The number of hydrogen-bond donors (Lipinski definition) is 1. The molecule has 170 valence electrons. The third kappa shape index (κ3) is 3.55. The Bertz CT molecular complexity index is 1220. The van der Waals surface area contributed by atoms with Crippen LogP contribution >= 0.6 is 0 Å². The Balaban J connectivity index is 1.59. The van der Waals surface area contributed by atoms with E-state index in [1.165, 1.54) is 10.0 Å². The smallest absolute Gasteiger partial charge is 0.256 e. The van der Waals surface area contributed by atoms with Crippen LogP contribution in [-0.4, -0.2) is 28.3 Å². The first kappa shape index (κ1) is 21.6. The molecule has 2 aliphatic rings. The minimum atomic E-state index is -0.733. The number of benzene rings is 3. The highest BCUT2D eigenvalue weighted by molar-refractivity contribution is 6.19. The highest BCUT2D eigenvalue weighted by Crippen LogP contribution is 2.44. The number of rotatable bonds is 5. The zero-order chi connectivity index (χ0) is 23.8. The SMILES string of the molecule is CC1=NN(c2ccccc2)C(=O)[C@@H]1C(c1ccccc1O)[C@H]1C(=O)N(c2ccccc2)N=C1C. The molecular weight excluding hydrogens is 428 g/mol. The number of nitrogens with zero attached hydrogens (tertiary/aromatic N) is 4. The van der Waals surface area contributed by atoms with Crippen molar-refractivity contribution in [3.8, 4) is 5.75 Å². The number of carbonyl (C=O) groups is 2. The molecular formula is C27H24N4O3. The molecule has 0 aliphatic carbocycles. The van der Waals surface area contributed by atoms with Crippen molar-refractivity contribution in [2.24, 2.45) is 22.0 Å². The topological polar surface area (TPSA) is 85.6 Å². The molecule has 0 radical (unpaired) electrons. The van der Waals surface area contributed by atoms with Crippen LogP contribution in [0.5, 0.6) is 5.75 Å². The number of hydrogen-bond acceptors (Lipinski definition) is 5. The van der Waals surface area contributed by atoms with Crippen LogP contribution in [0.4, 0.5) is 11.4 Å². The zero-order valence-electron chi connectivity index (χ0n) is 18.9. The average Bonchev–Trinajstić information content (AvgIpc) is 3.32. The van der Waals surface area contributed by atoms with Gasteiger partial charge in [-0.1, -0.05) is 54.6 Å². The van der Waals surface area contributed by atoms with E-state index < -0.39 is 17.8 Å². The van der Waals surface area contributed by atoms with E-state index in [4.69, 9.17) is 0 Å². The lowest BCUT2D eigenvalue weighted by Gasteiger charge is -2.29. The van der Waals surface area contributed by atoms with Crippen molar-refractivity contribution in [1.29, 1.82) is 0 Å². The predicted octanol–water partition coefficient (Wildman–Crippen LogP) is 4.55. The summed E-state index contributed by atoms with van der Waals surface area (Å²) < 4.78 is 0. The van der Waals surface area contributed by atoms with Gasteiger partial charge in [0, 0.05) is 17.3 Å². The molecule has 5 rings (SSSR count). The molecule has 2 amide bonds. The quantitative estimate of drug-likeness (QED) is 0.616. The van der Waals surface area contributed by atoms with E-state index in [0.717, 1.165) is 0 Å². The average molecular weight is 453 g/mol. The standard InChI is InChI=1S/C27H24N4O3/c1-17-23(26(33)30(28-17)19-11-5-3-6-12-19)25(21-15-9-10-16-22(21)32)24-18(2)29-31(27(24)34)20-13-7-4-8-14-20/h3-16,23-25,32H,1-2H3/t23-,24-/m0/s1. The summed E-state index contributed by atoms with van der Waals surface area (Å²) in [5.41, 5.74) is 2.99. The van der Waals surface area contributed by atoms with Gasteiger partial charge in [0.15, 0.2) is 0 Å². The number of para-hydroxylation sites is 3. The van der Waals surface area contributed by atoms with Crippen LogP contribution in [0.25, 0.3) is 0 Å². The molecule has 3 aromatic carbocycles. The third-order valence-electron chi connectivity index (χ3n) is 6.38. The van der Waals surface area contributed by atoms with Gasteiger partial charge < -0.3 is 5.11 Å². The first-order valence-electron chi connectivity index (χ1n) is 11.1. The number of anilines is 2. The Hall–Kier alpha value is -4.26. The highest BCUT2D eigenvalue weighted by Gasteiger charge is 2.50. The molecule has 2 heterocycles. The van der Waals surface area contributed by atoms with Crippen molar-refractivity contribution in [3.05, 3.63) is 90.5 Å². The molecule has 0 aromatic heterocycles. The predicted molar refractivity (Wildman–Crippen MR) is 132 cm³/mol. The van der Waals surface area contributed by atoms with Gasteiger partial charge in [-0.15, -0.1) is 0 Å². The summed E-state index contributed by atoms with van der Waals surface area (Å²) in [7, 11) is 0. The van der Waals surface area contributed by atoms with E-state index in [1.54, 1.807) is 38.1 Å². The Morgan fingerprint density at radius 2 is 1.09 bits per heavy atom. The molecule has 0 spiro atoms. The third-order valence-corrected chi connectivity index (χ3v) is 6.38. The van der Waals surface area contributed by atoms with Crippen LogP contribution in [0, 0.1) is 11.8 Å². The second-order valence-electron chi connectivity index (χ2n) is 8.49. The molecule has 2 aliphatic heterocycles. The molecule has 2 atom stereocenters. The number of amides is 2. The van der Waals surface area contributed by atoms with Crippen molar-refractivity contribution in [2.75, 3.05) is 10.0 Å². The van der Waals surface area contributed by atoms with Gasteiger partial charge in [0.05, 0.1) is 23.2 Å². The maximum Gasteiger partial charge on any atom is 0.256 e. The van der Waals surface area contributed by atoms with Gasteiger partial charge in [0.1, 0.15) is 5.75 Å². The van der Waals surface area contributed by atoms with Gasteiger partial charge >= 0.3 is 0 Å². The summed E-state index contributed by atoms with van der Waals surface area (Å²) in [6.07, 6.45) is 0. The van der Waals surface area contributed by atoms with Crippen molar-refractivity contribution in [1.82, 2.24) is 0 Å². The Kier molecular flexibility index (Phi) is 5.45. The van der Waals surface area contributed by atoms with Gasteiger partial charge in [0.2, 0.25) is 0 Å². The number of phenols is 1. The molecule has 7 heteroatoms. The van der Waals surface area contributed by atoms with Crippen LogP contribution < -0.4 is 10.0 Å². The number of carbonyl (C=O) groups excluding carboxylic acids is 2. The Labute approximate surface area is 197 Å². The molecule has 0 saturated heterocycles. The van der Waals surface area contributed by atoms with Crippen LogP contribution in [-0.2, 0) is 9.59 Å². The monoisotopic (exact) mass is 452 g/mol. The van der Waals surface area contributed by atoms with Crippen molar-refractivity contribution in [3.63, 3.8) is 0 Å². The minimum absolute atomic E-state index is 0.0324. The van der Waals surface area contributed by atoms with Gasteiger partial charge in [-0.25, -0.2) is 10.0 Å². The maximum atomic E-state index is 13.7. The van der Waals surface area contributed by atoms with Crippen LogP contribution in [0.2, 0.25) is 0 Å². The lowest BCUT2D eigenvalue weighted by Crippen LogP contribution is -2.40. The molecule has 1 N–H and O–H groups in total. The van der Waals surface area contributed by atoms with Crippen molar-refractivity contribution in [2.45, 2.75) is 19.8 Å². The molecule has 34 heavy (non-hydrogen) atoms. The van der Waals surface area contributed by atoms with E-state index in [-0.39, 0.29) is 17.6 Å². The molecule has 7 nitrogen and oxygen atoms in total. The first-order chi connectivity index (χ1) is 16.5.